The maximum atomic E-state index is 12.4. The molecule has 2 unspecified atom stereocenters. The maximum Gasteiger partial charge on any atom is 0.261 e. The largest absolute Gasteiger partial charge is 0.396 e. The molecule has 5 nitrogen and oxygen atoms in total. The zero-order valence-corrected chi connectivity index (χ0v) is 14.2. The molecule has 0 aliphatic heterocycles. The second-order valence-electron chi connectivity index (χ2n) is 6.91. The molecule has 0 spiro atoms. The summed E-state index contributed by atoms with van der Waals surface area (Å²) in [6.07, 6.45) is 7.14. The van der Waals surface area contributed by atoms with Crippen LogP contribution in [0.5, 0.6) is 0 Å². The lowest BCUT2D eigenvalue weighted by molar-refractivity contribution is 0.0951. The molecule has 2 saturated carbocycles. The van der Waals surface area contributed by atoms with E-state index in [0.717, 1.165) is 27.2 Å². The Morgan fingerprint density at radius 2 is 2.22 bits per heavy atom. The van der Waals surface area contributed by atoms with Crippen molar-refractivity contribution >= 4 is 27.5 Å². The third kappa shape index (κ3) is 2.78. The number of thiophene rings is 1. The van der Waals surface area contributed by atoms with Gasteiger partial charge in [0.15, 0.2) is 0 Å². The van der Waals surface area contributed by atoms with Gasteiger partial charge in [-0.1, -0.05) is 19.3 Å². The van der Waals surface area contributed by atoms with Gasteiger partial charge in [0, 0.05) is 24.0 Å². The third-order valence-electron chi connectivity index (χ3n) is 5.19. The van der Waals surface area contributed by atoms with Crippen LogP contribution in [0.3, 0.4) is 0 Å². The number of aromatic nitrogens is 2. The summed E-state index contributed by atoms with van der Waals surface area (Å²) in [5, 5.41) is 18.0. The topological polar surface area (TPSA) is 67.2 Å². The van der Waals surface area contributed by atoms with Crippen LogP contribution in [0.25, 0.3) is 10.2 Å². The smallest absolute Gasteiger partial charge is 0.261 e. The fourth-order valence-electron chi connectivity index (χ4n) is 3.62. The number of hydrogen-bond donors (Lipinski definition) is 2. The zero-order chi connectivity index (χ0) is 16.0. The predicted molar refractivity (Wildman–Crippen MR) is 90.9 cm³/mol. The number of aliphatic hydroxyl groups is 1. The normalized spacial score (nSPS) is 25.0. The highest BCUT2D eigenvalue weighted by atomic mass is 32.1. The van der Waals surface area contributed by atoms with E-state index in [1.54, 1.807) is 11.3 Å². The van der Waals surface area contributed by atoms with Crippen LogP contribution < -0.4 is 5.32 Å². The zero-order valence-electron chi connectivity index (χ0n) is 13.4. The van der Waals surface area contributed by atoms with Crippen molar-refractivity contribution in [3.8, 4) is 0 Å². The van der Waals surface area contributed by atoms with Gasteiger partial charge in [-0.2, -0.15) is 5.10 Å². The first-order valence-corrected chi connectivity index (χ1v) is 9.39. The number of hydrogen-bond acceptors (Lipinski definition) is 4. The number of amides is 1. The van der Waals surface area contributed by atoms with E-state index < -0.39 is 0 Å². The molecule has 0 radical (unpaired) electrons. The van der Waals surface area contributed by atoms with Gasteiger partial charge >= 0.3 is 0 Å². The number of fused-ring (bicyclic) bond motifs is 1. The van der Waals surface area contributed by atoms with Gasteiger partial charge < -0.3 is 10.4 Å². The minimum absolute atomic E-state index is 0.0123. The molecule has 0 bridgehead atoms. The fourth-order valence-corrected chi connectivity index (χ4v) is 4.76. The van der Waals surface area contributed by atoms with Gasteiger partial charge in [-0.3, -0.25) is 9.48 Å². The number of nitrogens with zero attached hydrogens (tertiary/aromatic N) is 2. The second kappa shape index (κ2) is 5.91. The molecular weight excluding hydrogens is 310 g/mol. The molecule has 2 aromatic heterocycles. The van der Waals surface area contributed by atoms with Gasteiger partial charge in [-0.25, -0.2) is 0 Å². The minimum Gasteiger partial charge on any atom is -0.396 e. The van der Waals surface area contributed by atoms with Crippen molar-refractivity contribution in [3.63, 3.8) is 0 Å². The molecule has 2 aliphatic carbocycles. The van der Waals surface area contributed by atoms with Crippen molar-refractivity contribution in [2.75, 3.05) is 6.61 Å². The summed E-state index contributed by atoms with van der Waals surface area (Å²) < 4.78 is 2.17. The molecule has 124 valence electrons. The van der Waals surface area contributed by atoms with Gasteiger partial charge in [-0.05, 0) is 32.3 Å². The average Bonchev–Trinajstić information content (AvgIpc) is 3.04. The molecule has 6 heteroatoms. The maximum absolute atomic E-state index is 12.4. The Hall–Kier alpha value is -1.40. The SMILES string of the molecule is Cc1nn(C2CCCCC2)c2sc(C(=O)NC3CC3CO)cc12. The Morgan fingerprint density at radius 1 is 1.43 bits per heavy atom. The summed E-state index contributed by atoms with van der Waals surface area (Å²) in [5.41, 5.74) is 1.01. The Morgan fingerprint density at radius 3 is 2.91 bits per heavy atom. The van der Waals surface area contributed by atoms with E-state index in [1.807, 2.05) is 13.0 Å². The van der Waals surface area contributed by atoms with Gasteiger partial charge in [0.2, 0.25) is 0 Å². The Balaban J connectivity index is 1.58. The molecule has 2 aliphatic rings. The van der Waals surface area contributed by atoms with Crippen LogP contribution in [0.4, 0.5) is 0 Å². The summed E-state index contributed by atoms with van der Waals surface area (Å²) in [7, 11) is 0. The molecule has 0 aromatic carbocycles. The van der Waals surface area contributed by atoms with Crippen molar-refractivity contribution in [3.05, 3.63) is 16.6 Å². The fraction of sp³-hybridized carbons (Fsp3) is 0.647. The first-order valence-electron chi connectivity index (χ1n) is 8.57. The first-order chi connectivity index (χ1) is 11.2. The minimum atomic E-state index is -0.0123. The van der Waals surface area contributed by atoms with E-state index in [2.05, 4.69) is 10.00 Å². The monoisotopic (exact) mass is 333 g/mol. The number of carbonyl (C=O) groups is 1. The highest BCUT2D eigenvalue weighted by Crippen LogP contribution is 2.36. The summed E-state index contributed by atoms with van der Waals surface area (Å²) in [6, 6.07) is 2.61. The number of rotatable bonds is 4. The van der Waals surface area contributed by atoms with Crippen molar-refractivity contribution in [1.29, 1.82) is 0 Å². The van der Waals surface area contributed by atoms with E-state index >= 15 is 0 Å². The van der Waals surface area contributed by atoms with Crippen LogP contribution in [-0.2, 0) is 0 Å². The molecule has 2 atom stereocenters. The van der Waals surface area contributed by atoms with Crippen LogP contribution in [0, 0.1) is 12.8 Å². The summed E-state index contributed by atoms with van der Waals surface area (Å²) in [5.74, 6) is 0.231. The van der Waals surface area contributed by atoms with E-state index in [1.165, 1.54) is 32.1 Å². The number of nitrogens with one attached hydrogen (secondary N) is 1. The highest BCUT2D eigenvalue weighted by Gasteiger charge is 2.38. The van der Waals surface area contributed by atoms with Gasteiger partial charge in [0.25, 0.3) is 5.91 Å². The van der Waals surface area contributed by atoms with E-state index in [0.29, 0.717) is 6.04 Å². The summed E-state index contributed by atoms with van der Waals surface area (Å²) in [4.78, 5) is 14.3. The number of aliphatic hydroxyl groups excluding tert-OH is 1. The number of aryl methyl sites for hydroxylation is 1. The van der Waals surface area contributed by atoms with Crippen LogP contribution in [-0.4, -0.2) is 33.4 Å². The Kier molecular flexibility index (Phi) is 3.89. The molecule has 2 aromatic rings. The van der Waals surface area contributed by atoms with Gasteiger partial charge in [-0.15, -0.1) is 11.3 Å². The molecule has 0 saturated heterocycles. The molecular formula is C17H23N3O2S. The first kappa shape index (κ1) is 15.1. The lowest BCUT2D eigenvalue weighted by Gasteiger charge is -2.22. The molecule has 1 amide bonds. The molecule has 2 N–H and O–H groups in total. The van der Waals surface area contributed by atoms with E-state index in [9.17, 15) is 4.79 Å². The van der Waals surface area contributed by atoms with Crippen molar-refractivity contribution in [2.45, 2.75) is 57.5 Å². The Bertz CT molecular complexity index is 730. The lowest BCUT2D eigenvalue weighted by Crippen LogP contribution is -2.26. The van der Waals surface area contributed by atoms with Gasteiger partial charge in [0.1, 0.15) is 4.83 Å². The van der Waals surface area contributed by atoms with Crippen LogP contribution >= 0.6 is 11.3 Å². The molecule has 2 fully saturated rings. The Labute approximate surface area is 139 Å². The second-order valence-corrected chi connectivity index (χ2v) is 7.94. The lowest BCUT2D eigenvalue weighted by atomic mass is 9.96. The van der Waals surface area contributed by atoms with E-state index in [4.69, 9.17) is 10.2 Å². The van der Waals surface area contributed by atoms with Crippen LogP contribution in [0.15, 0.2) is 6.07 Å². The van der Waals surface area contributed by atoms with Crippen molar-refractivity contribution in [2.24, 2.45) is 5.92 Å². The summed E-state index contributed by atoms with van der Waals surface area (Å²) in [6.45, 7) is 2.19. The molecule has 4 rings (SSSR count). The molecule has 23 heavy (non-hydrogen) atoms. The van der Waals surface area contributed by atoms with Crippen molar-refractivity contribution < 1.29 is 9.90 Å². The van der Waals surface area contributed by atoms with Crippen LogP contribution in [0.1, 0.15) is 59.9 Å². The standard InChI is InChI=1S/C17H23N3O2S/c1-10-13-8-15(16(22)18-14-7-11(14)9-21)23-17(13)20(19-10)12-5-3-2-4-6-12/h8,11-12,14,21H,2-7,9H2,1H3,(H,18,22). The van der Waals surface area contributed by atoms with E-state index in [-0.39, 0.29) is 24.5 Å². The highest BCUT2D eigenvalue weighted by molar-refractivity contribution is 7.20. The quantitative estimate of drug-likeness (QED) is 0.904. The van der Waals surface area contributed by atoms with Crippen molar-refractivity contribution in [1.82, 2.24) is 15.1 Å². The molecule has 2 heterocycles. The predicted octanol–water partition coefficient (Wildman–Crippen LogP) is 3.02. The summed E-state index contributed by atoms with van der Waals surface area (Å²) >= 11 is 1.55. The van der Waals surface area contributed by atoms with Crippen LogP contribution in [0.2, 0.25) is 0 Å². The average molecular weight is 333 g/mol. The van der Waals surface area contributed by atoms with Gasteiger partial charge in [0.05, 0.1) is 16.6 Å². The number of carbonyl (C=O) groups excluding carboxylic acids is 1. The third-order valence-corrected chi connectivity index (χ3v) is 6.31.